The monoisotopic (exact) mass is 344 g/mol. The van der Waals surface area contributed by atoms with Crippen molar-refractivity contribution in [3.05, 3.63) is 72.1 Å². The van der Waals surface area contributed by atoms with Crippen LogP contribution in [-0.2, 0) is 0 Å². The van der Waals surface area contributed by atoms with Crippen molar-refractivity contribution in [2.75, 3.05) is 7.11 Å². The minimum absolute atomic E-state index is 0.219. The van der Waals surface area contributed by atoms with Gasteiger partial charge in [0, 0.05) is 12.0 Å². The fraction of sp³-hybridized carbons (Fsp3) is 0.261. The van der Waals surface area contributed by atoms with E-state index >= 15 is 0 Å². The van der Waals surface area contributed by atoms with Crippen LogP contribution in [0.25, 0.3) is 21.8 Å². The first-order valence-electron chi connectivity index (χ1n) is 9.13. The highest BCUT2D eigenvalue weighted by atomic mass is 16.5. The van der Waals surface area contributed by atoms with Crippen LogP contribution in [0.2, 0.25) is 0 Å². The molecular weight excluding hydrogens is 320 g/mol. The van der Waals surface area contributed by atoms with Crippen LogP contribution < -0.4 is 4.74 Å². The molecule has 0 N–H and O–H groups in total. The summed E-state index contributed by atoms with van der Waals surface area (Å²) in [5.41, 5.74) is 3.54. The van der Waals surface area contributed by atoms with Gasteiger partial charge in [-0.25, -0.2) is 4.98 Å². The second-order valence-electron chi connectivity index (χ2n) is 7.12. The second-order valence-corrected chi connectivity index (χ2v) is 7.12. The van der Waals surface area contributed by atoms with E-state index < -0.39 is 0 Å². The summed E-state index contributed by atoms with van der Waals surface area (Å²) in [5, 5.41) is 2.42. The molecule has 0 aliphatic rings. The lowest BCUT2D eigenvalue weighted by Gasteiger charge is -2.18. The Morgan fingerprint density at radius 3 is 2.38 bits per heavy atom. The molecule has 3 aromatic carbocycles. The van der Waals surface area contributed by atoms with E-state index in [1.807, 2.05) is 6.07 Å². The number of fused-ring (bicyclic) bond motifs is 2. The first-order valence-corrected chi connectivity index (χ1v) is 9.13. The van der Waals surface area contributed by atoms with E-state index in [2.05, 4.69) is 79.9 Å². The van der Waals surface area contributed by atoms with Crippen LogP contribution in [0.1, 0.15) is 44.1 Å². The van der Waals surface area contributed by atoms with Crippen molar-refractivity contribution < 1.29 is 4.74 Å². The largest absolute Gasteiger partial charge is 0.497 e. The van der Waals surface area contributed by atoms with Gasteiger partial charge in [0.1, 0.15) is 11.6 Å². The predicted octanol–water partition coefficient (Wildman–Crippen LogP) is 5.93. The first kappa shape index (κ1) is 16.6. The molecule has 0 bridgehead atoms. The third kappa shape index (κ3) is 2.74. The minimum atomic E-state index is 0.219. The predicted molar refractivity (Wildman–Crippen MR) is 108 cm³/mol. The maximum absolute atomic E-state index is 5.33. The Balaban J connectivity index is 1.82. The number of ether oxygens (including phenoxy) is 1. The molecule has 0 spiro atoms. The van der Waals surface area contributed by atoms with Gasteiger partial charge in [0.05, 0.1) is 18.1 Å². The normalized spacial score (nSPS) is 12.8. The average Bonchev–Trinajstić information content (AvgIpc) is 3.06. The fourth-order valence-electron chi connectivity index (χ4n) is 3.70. The molecule has 1 heterocycles. The highest BCUT2D eigenvalue weighted by Crippen LogP contribution is 2.32. The smallest absolute Gasteiger partial charge is 0.119 e. The van der Waals surface area contributed by atoms with E-state index in [0.29, 0.717) is 6.04 Å². The molecule has 0 fully saturated rings. The molecule has 0 amide bonds. The van der Waals surface area contributed by atoms with Crippen LogP contribution in [0, 0.1) is 0 Å². The third-order valence-corrected chi connectivity index (χ3v) is 5.10. The molecule has 132 valence electrons. The summed E-state index contributed by atoms with van der Waals surface area (Å²) in [7, 11) is 1.70. The number of hydrogen-bond acceptors (Lipinski definition) is 2. The number of nitrogens with zero attached hydrogens (tertiary/aromatic N) is 2. The lowest BCUT2D eigenvalue weighted by atomic mass is 9.96. The quantitative estimate of drug-likeness (QED) is 0.459. The van der Waals surface area contributed by atoms with Gasteiger partial charge in [-0.1, -0.05) is 43.3 Å². The number of aromatic nitrogens is 2. The van der Waals surface area contributed by atoms with Crippen LogP contribution in [0.15, 0.2) is 60.7 Å². The number of methoxy groups -OCH3 is 1. The lowest BCUT2D eigenvalue weighted by Crippen LogP contribution is -2.10. The summed E-state index contributed by atoms with van der Waals surface area (Å²) < 4.78 is 7.69. The molecule has 1 aromatic heterocycles. The zero-order valence-corrected chi connectivity index (χ0v) is 15.7. The molecule has 1 atom stereocenters. The van der Waals surface area contributed by atoms with Gasteiger partial charge in [-0.3, -0.25) is 0 Å². The van der Waals surface area contributed by atoms with Crippen molar-refractivity contribution in [3.8, 4) is 5.75 Å². The summed E-state index contributed by atoms with van der Waals surface area (Å²) >= 11 is 0. The van der Waals surface area contributed by atoms with Crippen molar-refractivity contribution in [1.29, 1.82) is 0 Å². The molecule has 3 heteroatoms. The van der Waals surface area contributed by atoms with Crippen LogP contribution in [-0.4, -0.2) is 16.7 Å². The molecule has 0 aliphatic carbocycles. The Morgan fingerprint density at radius 2 is 1.62 bits per heavy atom. The number of para-hydroxylation sites is 2. The van der Waals surface area contributed by atoms with Gasteiger partial charge < -0.3 is 9.30 Å². The maximum atomic E-state index is 5.33. The average molecular weight is 344 g/mol. The third-order valence-electron chi connectivity index (χ3n) is 5.10. The van der Waals surface area contributed by atoms with Crippen molar-refractivity contribution in [2.45, 2.75) is 32.7 Å². The standard InChI is InChI=1S/C23H24N2O/c1-15(2)25-22-8-6-5-7-21(22)24-23(25)16(3)17-9-10-19-14-20(26-4)12-11-18(19)13-17/h5-16H,1-4H3. The minimum Gasteiger partial charge on any atom is -0.497 e. The fourth-order valence-corrected chi connectivity index (χ4v) is 3.70. The molecular formula is C23H24N2O. The highest BCUT2D eigenvalue weighted by molar-refractivity contribution is 5.85. The SMILES string of the molecule is COc1ccc2cc(C(C)c3nc4ccccc4n3C(C)C)ccc2c1. The Kier molecular flexibility index (Phi) is 4.15. The number of rotatable bonds is 4. The second kappa shape index (κ2) is 6.49. The summed E-state index contributed by atoms with van der Waals surface area (Å²) in [6, 6.07) is 21.6. The summed E-state index contributed by atoms with van der Waals surface area (Å²) in [6.07, 6.45) is 0. The van der Waals surface area contributed by atoms with E-state index in [9.17, 15) is 0 Å². The van der Waals surface area contributed by atoms with Crippen LogP contribution >= 0.6 is 0 Å². The molecule has 0 saturated carbocycles. The van der Waals surface area contributed by atoms with Gasteiger partial charge in [0.2, 0.25) is 0 Å². The van der Waals surface area contributed by atoms with E-state index in [1.165, 1.54) is 21.9 Å². The van der Waals surface area contributed by atoms with E-state index in [-0.39, 0.29) is 5.92 Å². The Hall–Kier alpha value is -2.81. The van der Waals surface area contributed by atoms with E-state index in [1.54, 1.807) is 7.11 Å². The van der Waals surface area contributed by atoms with Gasteiger partial charge >= 0.3 is 0 Å². The van der Waals surface area contributed by atoms with Crippen LogP contribution in [0.4, 0.5) is 0 Å². The Bertz CT molecular complexity index is 1080. The van der Waals surface area contributed by atoms with Crippen molar-refractivity contribution in [2.24, 2.45) is 0 Å². The highest BCUT2D eigenvalue weighted by Gasteiger charge is 2.20. The van der Waals surface area contributed by atoms with Crippen LogP contribution in [0.3, 0.4) is 0 Å². The zero-order chi connectivity index (χ0) is 18.3. The van der Waals surface area contributed by atoms with Crippen molar-refractivity contribution in [1.82, 2.24) is 9.55 Å². The Morgan fingerprint density at radius 1 is 0.885 bits per heavy atom. The summed E-state index contributed by atoms with van der Waals surface area (Å²) in [4.78, 5) is 4.96. The lowest BCUT2D eigenvalue weighted by molar-refractivity contribution is 0.415. The molecule has 1 unspecified atom stereocenters. The topological polar surface area (TPSA) is 27.1 Å². The number of hydrogen-bond donors (Lipinski definition) is 0. The number of benzene rings is 3. The molecule has 4 rings (SSSR count). The zero-order valence-electron chi connectivity index (χ0n) is 15.7. The maximum Gasteiger partial charge on any atom is 0.119 e. The molecule has 0 radical (unpaired) electrons. The first-order chi connectivity index (χ1) is 12.6. The van der Waals surface area contributed by atoms with Crippen molar-refractivity contribution >= 4 is 21.8 Å². The van der Waals surface area contributed by atoms with Crippen molar-refractivity contribution in [3.63, 3.8) is 0 Å². The molecule has 26 heavy (non-hydrogen) atoms. The Labute approximate surface area is 154 Å². The molecule has 4 aromatic rings. The van der Waals surface area contributed by atoms with E-state index in [4.69, 9.17) is 9.72 Å². The van der Waals surface area contributed by atoms with Gasteiger partial charge in [-0.05, 0) is 54.4 Å². The molecule has 0 saturated heterocycles. The summed E-state index contributed by atoms with van der Waals surface area (Å²) in [6.45, 7) is 6.68. The van der Waals surface area contributed by atoms with E-state index in [0.717, 1.165) is 17.1 Å². The number of imidazole rings is 1. The van der Waals surface area contributed by atoms with Gasteiger partial charge in [-0.2, -0.15) is 0 Å². The van der Waals surface area contributed by atoms with Crippen LogP contribution in [0.5, 0.6) is 5.75 Å². The molecule has 0 aliphatic heterocycles. The van der Waals surface area contributed by atoms with Gasteiger partial charge in [0.25, 0.3) is 0 Å². The summed E-state index contributed by atoms with van der Waals surface area (Å²) in [5.74, 6) is 2.23. The van der Waals surface area contributed by atoms with Gasteiger partial charge in [-0.15, -0.1) is 0 Å². The molecule has 3 nitrogen and oxygen atoms in total. The van der Waals surface area contributed by atoms with Gasteiger partial charge in [0.15, 0.2) is 0 Å².